The van der Waals surface area contributed by atoms with Gasteiger partial charge < -0.3 is 5.32 Å². The highest BCUT2D eigenvalue weighted by molar-refractivity contribution is 7.13. The van der Waals surface area contributed by atoms with Crippen molar-refractivity contribution < 1.29 is 9.18 Å². The van der Waals surface area contributed by atoms with Crippen molar-refractivity contribution in [1.82, 2.24) is 9.97 Å². The van der Waals surface area contributed by atoms with Crippen molar-refractivity contribution in [3.05, 3.63) is 76.1 Å². The summed E-state index contributed by atoms with van der Waals surface area (Å²) in [5.74, 6) is 0.000794. The number of hydrogen-bond donors (Lipinski definition) is 1. The normalized spacial score (nSPS) is 10.4. The number of carbonyl (C=O) groups excluding carboxylic acids is 1. The molecule has 0 unspecified atom stereocenters. The van der Waals surface area contributed by atoms with E-state index in [9.17, 15) is 9.18 Å². The molecule has 0 fully saturated rings. The first-order chi connectivity index (χ1) is 10.7. The summed E-state index contributed by atoms with van der Waals surface area (Å²) in [6, 6.07) is 11.6. The number of rotatable bonds is 4. The molecule has 6 heteroatoms. The lowest BCUT2D eigenvalue weighted by molar-refractivity contribution is 0.103. The molecule has 2 heterocycles. The fraction of sp³-hybridized carbons (Fsp3) is 0.0625. The van der Waals surface area contributed by atoms with E-state index in [0.717, 1.165) is 10.6 Å². The van der Waals surface area contributed by atoms with Crippen LogP contribution in [-0.4, -0.2) is 15.9 Å². The van der Waals surface area contributed by atoms with Crippen molar-refractivity contribution >= 4 is 23.1 Å². The molecule has 0 spiro atoms. The molecule has 0 bridgehead atoms. The van der Waals surface area contributed by atoms with Crippen molar-refractivity contribution in [2.24, 2.45) is 0 Å². The van der Waals surface area contributed by atoms with Crippen LogP contribution in [-0.2, 0) is 6.42 Å². The first kappa shape index (κ1) is 14.3. The zero-order valence-corrected chi connectivity index (χ0v) is 12.3. The summed E-state index contributed by atoms with van der Waals surface area (Å²) in [5, 5.41) is 3.52. The van der Waals surface area contributed by atoms with E-state index < -0.39 is 0 Å². The van der Waals surface area contributed by atoms with Crippen LogP contribution in [0.2, 0.25) is 0 Å². The number of carbonyl (C=O) groups is 1. The average Bonchev–Trinajstić information content (AvgIpc) is 2.99. The molecule has 22 heavy (non-hydrogen) atoms. The fourth-order valence-corrected chi connectivity index (χ4v) is 2.74. The first-order valence-electron chi connectivity index (χ1n) is 6.62. The van der Waals surface area contributed by atoms with Gasteiger partial charge in [0, 0.05) is 12.6 Å². The highest BCUT2D eigenvalue weighted by Crippen LogP contribution is 2.18. The maximum atomic E-state index is 12.9. The largest absolute Gasteiger partial charge is 0.306 e. The minimum absolute atomic E-state index is 0.235. The molecule has 0 aliphatic rings. The second kappa shape index (κ2) is 6.44. The summed E-state index contributed by atoms with van der Waals surface area (Å²) in [7, 11) is 0. The summed E-state index contributed by atoms with van der Waals surface area (Å²) in [4.78, 5) is 20.9. The van der Waals surface area contributed by atoms with E-state index in [1.54, 1.807) is 42.7 Å². The number of pyridine rings is 1. The van der Waals surface area contributed by atoms with Crippen molar-refractivity contribution in [3.8, 4) is 0 Å². The summed E-state index contributed by atoms with van der Waals surface area (Å²) >= 11 is 1.31. The third-order valence-electron chi connectivity index (χ3n) is 2.95. The van der Waals surface area contributed by atoms with E-state index in [1.807, 2.05) is 0 Å². The minimum atomic E-state index is -0.265. The molecule has 1 aromatic carbocycles. The lowest BCUT2D eigenvalue weighted by Gasteiger charge is -2.00. The van der Waals surface area contributed by atoms with Crippen LogP contribution < -0.4 is 5.32 Å². The number of hydrogen-bond acceptors (Lipinski definition) is 4. The number of anilines is 1. The standard InChI is InChI=1S/C16H12FN3OS/c17-12-6-4-11(5-7-12)9-15-19-10-13(22-15)16(21)20-14-3-1-2-8-18-14/h1-8,10H,9H2,(H,18,20,21). The molecule has 0 saturated carbocycles. The Bertz CT molecular complexity index is 772. The Morgan fingerprint density at radius 2 is 1.95 bits per heavy atom. The molecule has 110 valence electrons. The smallest absolute Gasteiger partial charge is 0.268 e. The molecule has 0 aliphatic heterocycles. The molecule has 0 atom stereocenters. The number of benzene rings is 1. The van der Waals surface area contributed by atoms with Gasteiger partial charge in [-0.3, -0.25) is 4.79 Å². The molecule has 0 aliphatic carbocycles. The number of thiazole rings is 1. The van der Waals surface area contributed by atoms with Crippen LogP contribution in [0.4, 0.5) is 10.2 Å². The van der Waals surface area contributed by atoms with Crippen molar-refractivity contribution in [1.29, 1.82) is 0 Å². The van der Waals surface area contributed by atoms with Gasteiger partial charge in [0.25, 0.3) is 5.91 Å². The molecule has 2 aromatic heterocycles. The maximum absolute atomic E-state index is 12.9. The van der Waals surface area contributed by atoms with E-state index in [1.165, 1.54) is 23.5 Å². The van der Waals surface area contributed by atoms with Crippen LogP contribution in [0.15, 0.2) is 54.9 Å². The SMILES string of the molecule is O=C(Nc1ccccn1)c1cnc(Cc2ccc(F)cc2)s1. The summed E-state index contributed by atoms with van der Waals surface area (Å²) in [5.41, 5.74) is 0.951. The Kier molecular flexibility index (Phi) is 4.20. The summed E-state index contributed by atoms with van der Waals surface area (Å²) in [6.45, 7) is 0. The maximum Gasteiger partial charge on any atom is 0.268 e. The van der Waals surface area contributed by atoms with Gasteiger partial charge in [-0.2, -0.15) is 0 Å². The Morgan fingerprint density at radius 1 is 1.14 bits per heavy atom. The van der Waals surface area contributed by atoms with Gasteiger partial charge in [0.05, 0.1) is 11.2 Å². The first-order valence-corrected chi connectivity index (χ1v) is 7.44. The molecule has 0 radical (unpaired) electrons. The van der Waals surface area contributed by atoms with Crippen molar-refractivity contribution in [2.75, 3.05) is 5.32 Å². The number of nitrogens with zero attached hydrogens (tertiary/aromatic N) is 2. The topological polar surface area (TPSA) is 54.9 Å². The van der Waals surface area contributed by atoms with Gasteiger partial charge in [-0.05, 0) is 29.8 Å². The van der Waals surface area contributed by atoms with Gasteiger partial charge in [-0.15, -0.1) is 11.3 Å². The van der Waals surface area contributed by atoms with E-state index in [0.29, 0.717) is 17.1 Å². The molecule has 0 saturated heterocycles. The monoisotopic (exact) mass is 313 g/mol. The Morgan fingerprint density at radius 3 is 2.68 bits per heavy atom. The van der Waals surface area contributed by atoms with Crippen LogP contribution in [0, 0.1) is 5.82 Å². The highest BCUT2D eigenvalue weighted by atomic mass is 32.1. The average molecular weight is 313 g/mol. The molecular formula is C16H12FN3OS. The van der Waals surface area contributed by atoms with Crippen LogP contribution in [0.25, 0.3) is 0 Å². The number of amides is 1. The zero-order chi connectivity index (χ0) is 15.4. The van der Waals surface area contributed by atoms with Gasteiger partial charge in [0.15, 0.2) is 0 Å². The van der Waals surface area contributed by atoms with E-state index in [4.69, 9.17) is 0 Å². The molecule has 3 aromatic rings. The Balaban J connectivity index is 1.68. The quantitative estimate of drug-likeness (QED) is 0.802. The van der Waals surface area contributed by atoms with Crippen LogP contribution in [0.1, 0.15) is 20.2 Å². The number of halogens is 1. The summed E-state index contributed by atoms with van der Waals surface area (Å²) in [6.07, 6.45) is 3.73. The number of aromatic nitrogens is 2. The van der Waals surface area contributed by atoms with Crippen molar-refractivity contribution in [3.63, 3.8) is 0 Å². The minimum Gasteiger partial charge on any atom is -0.306 e. The van der Waals surface area contributed by atoms with Crippen LogP contribution >= 0.6 is 11.3 Å². The van der Waals surface area contributed by atoms with E-state index in [2.05, 4.69) is 15.3 Å². The zero-order valence-electron chi connectivity index (χ0n) is 11.5. The van der Waals surface area contributed by atoms with E-state index in [-0.39, 0.29) is 11.7 Å². The van der Waals surface area contributed by atoms with Gasteiger partial charge in [-0.25, -0.2) is 14.4 Å². The number of nitrogens with one attached hydrogen (secondary N) is 1. The van der Waals surface area contributed by atoms with Gasteiger partial charge in [0.2, 0.25) is 0 Å². The van der Waals surface area contributed by atoms with Crippen LogP contribution in [0.3, 0.4) is 0 Å². The third-order valence-corrected chi connectivity index (χ3v) is 3.95. The summed E-state index contributed by atoms with van der Waals surface area (Å²) < 4.78 is 12.9. The molecule has 3 rings (SSSR count). The Labute approximate surface area is 130 Å². The highest BCUT2D eigenvalue weighted by Gasteiger charge is 2.11. The third kappa shape index (κ3) is 3.53. The van der Waals surface area contributed by atoms with Crippen LogP contribution in [0.5, 0.6) is 0 Å². The van der Waals surface area contributed by atoms with Gasteiger partial charge in [-0.1, -0.05) is 18.2 Å². The molecule has 4 nitrogen and oxygen atoms in total. The second-order valence-corrected chi connectivity index (χ2v) is 5.71. The lowest BCUT2D eigenvalue weighted by Crippen LogP contribution is -2.10. The molecule has 1 amide bonds. The van der Waals surface area contributed by atoms with E-state index >= 15 is 0 Å². The second-order valence-electron chi connectivity index (χ2n) is 4.59. The molecular weight excluding hydrogens is 301 g/mol. The predicted octanol–water partition coefficient (Wildman–Crippen LogP) is 3.52. The predicted molar refractivity (Wildman–Crippen MR) is 83.5 cm³/mol. The molecule has 1 N–H and O–H groups in total. The lowest BCUT2D eigenvalue weighted by atomic mass is 10.2. The fourth-order valence-electron chi connectivity index (χ4n) is 1.89. The van der Waals surface area contributed by atoms with Crippen molar-refractivity contribution in [2.45, 2.75) is 6.42 Å². The Hall–Kier alpha value is -2.60. The van der Waals surface area contributed by atoms with Gasteiger partial charge >= 0.3 is 0 Å². The van der Waals surface area contributed by atoms with Gasteiger partial charge in [0.1, 0.15) is 16.5 Å².